The molecule has 0 fully saturated rings. The number of hydrogen-bond donors (Lipinski definition) is 1. The van der Waals surface area contributed by atoms with E-state index in [9.17, 15) is 4.79 Å². The lowest BCUT2D eigenvalue weighted by molar-refractivity contribution is 0.0502. The van der Waals surface area contributed by atoms with Crippen LogP contribution < -0.4 is 5.32 Å². The van der Waals surface area contributed by atoms with Gasteiger partial charge in [-0.1, -0.05) is 19.4 Å². The number of nitrogens with one attached hydrogen (secondary N) is 1. The zero-order valence-corrected chi connectivity index (χ0v) is 10.3. The Balaban J connectivity index is 4.04. The summed E-state index contributed by atoms with van der Waals surface area (Å²) in [5, 5.41) is 2.84. The van der Waals surface area contributed by atoms with Gasteiger partial charge in [0.25, 0.3) is 0 Å². The van der Waals surface area contributed by atoms with Gasteiger partial charge in [0.2, 0.25) is 0 Å². The maximum Gasteiger partial charge on any atom is 0.407 e. The van der Waals surface area contributed by atoms with E-state index in [1.54, 1.807) is 0 Å². The molecule has 0 saturated carbocycles. The van der Waals surface area contributed by atoms with Crippen LogP contribution in [-0.2, 0) is 4.74 Å². The third-order valence-electron chi connectivity index (χ3n) is 1.81. The summed E-state index contributed by atoms with van der Waals surface area (Å²) >= 11 is 0. The van der Waals surface area contributed by atoms with Crippen molar-refractivity contribution in [2.75, 3.05) is 0 Å². The zero-order valence-electron chi connectivity index (χ0n) is 10.3. The van der Waals surface area contributed by atoms with Crippen LogP contribution in [0.2, 0.25) is 0 Å². The highest BCUT2D eigenvalue weighted by Gasteiger charge is 2.18. The quantitative estimate of drug-likeness (QED) is 0.712. The summed E-state index contributed by atoms with van der Waals surface area (Å²) in [4.78, 5) is 11.5. The Morgan fingerprint density at radius 3 is 2.53 bits per heavy atom. The summed E-state index contributed by atoms with van der Waals surface area (Å²) in [5.74, 6) is 0. The van der Waals surface area contributed by atoms with E-state index in [1.807, 2.05) is 26.8 Å². The van der Waals surface area contributed by atoms with Gasteiger partial charge in [0, 0.05) is 6.04 Å². The summed E-state index contributed by atoms with van der Waals surface area (Å²) in [6.07, 6.45) is 4.24. The molecule has 0 radical (unpaired) electrons. The Bertz CT molecular complexity index is 206. The van der Waals surface area contributed by atoms with Gasteiger partial charge in [-0.05, 0) is 33.6 Å². The molecule has 0 saturated heterocycles. The molecule has 0 aromatic carbocycles. The standard InChI is InChI=1S/C12H23NO2/c1-6-8-10(9-7-2)13-11(14)15-12(3,4)5/h6,10H,1,7-9H2,2-5H3,(H,13,14)/t10-/m1/s1. The van der Waals surface area contributed by atoms with Gasteiger partial charge in [-0.2, -0.15) is 0 Å². The molecule has 1 N–H and O–H groups in total. The van der Waals surface area contributed by atoms with Crippen molar-refractivity contribution < 1.29 is 9.53 Å². The van der Waals surface area contributed by atoms with Crippen molar-refractivity contribution in [3.05, 3.63) is 12.7 Å². The molecule has 0 bridgehead atoms. The summed E-state index contributed by atoms with van der Waals surface area (Å²) < 4.78 is 5.18. The van der Waals surface area contributed by atoms with Gasteiger partial charge in [-0.15, -0.1) is 6.58 Å². The van der Waals surface area contributed by atoms with Crippen LogP contribution in [0.25, 0.3) is 0 Å². The molecule has 0 unspecified atom stereocenters. The van der Waals surface area contributed by atoms with Gasteiger partial charge in [-0.25, -0.2) is 4.79 Å². The van der Waals surface area contributed by atoms with E-state index in [4.69, 9.17) is 4.74 Å². The molecule has 3 nitrogen and oxygen atoms in total. The van der Waals surface area contributed by atoms with Crippen molar-refractivity contribution in [3.63, 3.8) is 0 Å². The summed E-state index contributed by atoms with van der Waals surface area (Å²) in [6.45, 7) is 11.3. The van der Waals surface area contributed by atoms with Crippen molar-refractivity contribution in [2.45, 2.75) is 58.6 Å². The molecule has 1 amide bonds. The van der Waals surface area contributed by atoms with Crippen LogP contribution in [0.1, 0.15) is 47.0 Å². The smallest absolute Gasteiger partial charge is 0.407 e. The summed E-state index contributed by atoms with van der Waals surface area (Å²) in [6, 6.07) is 0.141. The number of amides is 1. The minimum atomic E-state index is -0.435. The van der Waals surface area contributed by atoms with Crippen LogP contribution in [-0.4, -0.2) is 17.7 Å². The number of rotatable bonds is 5. The maximum atomic E-state index is 11.5. The van der Waals surface area contributed by atoms with Crippen LogP contribution in [0.15, 0.2) is 12.7 Å². The van der Waals surface area contributed by atoms with Crippen molar-refractivity contribution in [1.82, 2.24) is 5.32 Å². The minimum absolute atomic E-state index is 0.141. The third-order valence-corrected chi connectivity index (χ3v) is 1.81. The van der Waals surface area contributed by atoms with Crippen LogP contribution in [0, 0.1) is 0 Å². The van der Waals surface area contributed by atoms with Gasteiger partial charge in [0.1, 0.15) is 5.60 Å². The number of ether oxygens (including phenoxy) is 1. The molecule has 15 heavy (non-hydrogen) atoms. The van der Waals surface area contributed by atoms with Crippen molar-refractivity contribution in [1.29, 1.82) is 0 Å². The first-order chi connectivity index (χ1) is 6.89. The van der Waals surface area contributed by atoms with E-state index >= 15 is 0 Å². The van der Waals surface area contributed by atoms with E-state index in [2.05, 4.69) is 18.8 Å². The van der Waals surface area contributed by atoms with Crippen molar-refractivity contribution in [2.24, 2.45) is 0 Å². The molecule has 0 aliphatic heterocycles. The number of alkyl carbamates (subject to hydrolysis) is 1. The summed E-state index contributed by atoms with van der Waals surface area (Å²) in [5.41, 5.74) is -0.435. The molecule has 88 valence electrons. The van der Waals surface area contributed by atoms with Gasteiger partial charge in [-0.3, -0.25) is 0 Å². The van der Waals surface area contributed by atoms with E-state index < -0.39 is 5.60 Å². The molecule has 0 aliphatic carbocycles. The second-order valence-electron chi connectivity index (χ2n) is 4.66. The monoisotopic (exact) mass is 213 g/mol. The Morgan fingerprint density at radius 2 is 2.13 bits per heavy atom. The molecule has 0 spiro atoms. The number of carbonyl (C=O) groups is 1. The predicted octanol–water partition coefficient (Wildman–Crippen LogP) is 3.26. The Morgan fingerprint density at radius 1 is 1.53 bits per heavy atom. The molecule has 1 atom stereocenters. The lowest BCUT2D eigenvalue weighted by Crippen LogP contribution is -2.38. The number of carbonyl (C=O) groups excluding carboxylic acids is 1. The predicted molar refractivity (Wildman–Crippen MR) is 62.9 cm³/mol. The average Bonchev–Trinajstić information content (AvgIpc) is 2.00. The highest BCUT2D eigenvalue weighted by molar-refractivity contribution is 5.68. The molecule has 0 heterocycles. The van der Waals surface area contributed by atoms with Crippen molar-refractivity contribution in [3.8, 4) is 0 Å². The SMILES string of the molecule is C=CC[C@H](CCC)NC(=O)OC(C)(C)C. The fourth-order valence-corrected chi connectivity index (χ4v) is 1.27. The Kier molecular flexibility index (Phi) is 6.06. The molecule has 0 rings (SSSR count). The normalized spacial score (nSPS) is 13.1. The molecule has 0 aliphatic rings. The first-order valence-electron chi connectivity index (χ1n) is 5.49. The van der Waals surface area contributed by atoms with Gasteiger partial charge < -0.3 is 10.1 Å². The highest BCUT2D eigenvalue weighted by Crippen LogP contribution is 2.08. The molecule has 3 heteroatoms. The minimum Gasteiger partial charge on any atom is -0.444 e. The lowest BCUT2D eigenvalue weighted by Gasteiger charge is -2.22. The second kappa shape index (κ2) is 6.49. The first-order valence-corrected chi connectivity index (χ1v) is 5.49. The van der Waals surface area contributed by atoms with E-state index in [0.29, 0.717) is 0 Å². The van der Waals surface area contributed by atoms with Crippen molar-refractivity contribution >= 4 is 6.09 Å². The maximum absolute atomic E-state index is 11.5. The molecule has 0 aromatic heterocycles. The van der Waals surface area contributed by atoms with E-state index in [-0.39, 0.29) is 12.1 Å². The lowest BCUT2D eigenvalue weighted by atomic mass is 10.1. The zero-order chi connectivity index (χ0) is 11.9. The van der Waals surface area contributed by atoms with Gasteiger partial charge >= 0.3 is 6.09 Å². The average molecular weight is 213 g/mol. The van der Waals surface area contributed by atoms with Crippen LogP contribution in [0.3, 0.4) is 0 Å². The van der Waals surface area contributed by atoms with Gasteiger partial charge in [0.05, 0.1) is 0 Å². The number of hydrogen-bond acceptors (Lipinski definition) is 2. The topological polar surface area (TPSA) is 38.3 Å². The highest BCUT2D eigenvalue weighted by atomic mass is 16.6. The van der Waals surface area contributed by atoms with Crippen LogP contribution >= 0.6 is 0 Å². The largest absolute Gasteiger partial charge is 0.444 e. The molecular formula is C12H23NO2. The molecule has 0 aromatic rings. The first kappa shape index (κ1) is 14.0. The Hall–Kier alpha value is -0.990. The Labute approximate surface area is 92.9 Å². The van der Waals surface area contributed by atoms with E-state index in [1.165, 1.54) is 0 Å². The van der Waals surface area contributed by atoms with Crippen LogP contribution in [0.4, 0.5) is 4.79 Å². The third kappa shape index (κ3) is 8.03. The molecular weight excluding hydrogens is 190 g/mol. The summed E-state index contributed by atoms with van der Waals surface area (Å²) in [7, 11) is 0. The fraction of sp³-hybridized carbons (Fsp3) is 0.750. The fourth-order valence-electron chi connectivity index (χ4n) is 1.27. The second-order valence-corrected chi connectivity index (χ2v) is 4.66. The van der Waals surface area contributed by atoms with Gasteiger partial charge in [0.15, 0.2) is 0 Å². The van der Waals surface area contributed by atoms with Crippen LogP contribution in [0.5, 0.6) is 0 Å². The van der Waals surface area contributed by atoms with E-state index in [0.717, 1.165) is 19.3 Å².